The van der Waals surface area contributed by atoms with Gasteiger partial charge in [-0.2, -0.15) is 0 Å². The summed E-state index contributed by atoms with van der Waals surface area (Å²) in [6.45, 7) is 3.85. The second-order valence-electron chi connectivity index (χ2n) is 4.88. The lowest BCUT2D eigenvalue weighted by Gasteiger charge is -2.37. The Hall–Kier alpha value is -0.610. The van der Waals surface area contributed by atoms with Gasteiger partial charge in [-0.25, -0.2) is 0 Å². The molecule has 0 heterocycles. The minimum atomic E-state index is -0.0977. The Morgan fingerprint density at radius 3 is 2.76 bits per heavy atom. The van der Waals surface area contributed by atoms with Gasteiger partial charge < -0.3 is 15.4 Å². The molecule has 2 N–H and O–H groups in total. The van der Waals surface area contributed by atoms with Crippen molar-refractivity contribution >= 4 is 5.97 Å². The lowest BCUT2D eigenvalue weighted by molar-refractivity contribution is -0.143. The average molecular weight is 242 g/mol. The summed E-state index contributed by atoms with van der Waals surface area (Å²) < 4.78 is 4.94. The van der Waals surface area contributed by atoms with E-state index in [9.17, 15) is 4.79 Å². The van der Waals surface area contributed by atoms with Gasteiger partial charge in [-0.15, -0.1) is 0 Å². The molecule has 0 spiro atoms. The van der Waals surface area contributed by atoms with Gasteiger partial charge in [0.1, 0.15) is 0 Å². The predicted octanol–water partition coefficient (Wildman–Crippen LogP) is 1.39. The maximum Gasteiger partial charge on any atom is 0.307 e. The molecule has 4 heteroatoms. The number of carbonyl (C=O) groups excluding carboxylic acids is 1. The summed E-state index contributed by atoms with van der Waals surface area (Å²) in [4.78, 5) is 13.6. The van der Waals surface area contributed by atoms with Gasteiger partial charge in [0.05, 0.1) is 13.0 Å². The van der Waals surface area contributed by atoms with Crippen LogP contribution in [0.15, 0.2) is 0 Å². The molecule has 0 saturated heterocycles. The van der Waals surface area contributed by atoms with Gasteiger partial charge in [0.15, 0.2) is 0 Å². The molecule has 1 aliphatic rings. The zero-order chi connectivity index (χ0) is 12.7. The zero-order valence-electron chi connectivity index (χ0n) is 11.2. The van der Waals surface area contributed by atoms with Crippen molar-refractivity contribution in [2.45, 2.75) is 45.1 Å². The summed E-state index contributed by atoms with van der Waals surface area (Å²) in [7, 11) is 2.10. The van der Waals surface area contributed by atoms with E-state index in [0.29, 0.717) is 25.0 Å². The minimum Gasteiger partial charge on any atom is -0.466 e. The van der Waals surface area contributed by atoms with Gasteiger partial charge in [-0.05, 0) is 39.3 Å². The summed E-state index contributed by atoms with van der Waals surface area (Å²) in [6.07, 6.45) is 5.50. The predicted molar refractivity (Wildman–Crippen MR) is 68.7 cm³/mol. The van der Waals surface area contributed by atoms with E-state index in [4.69, 9.17) is 10.5 Å². The maximum absolute atomic E-state index is 11.3. The molecule has 0 aromatic carbocycles. The molecule has 17 heavy (non-hydrogen) atoms. The first-order chi connectivity index (χ1) is 8.19. The van der Waals surface area contributed by atoms with Crippen molar-refractivity contribution in [2.24, 2.45) is 11.7 Å². The van der Waals surface area contributed by atoms with Crippen molar-refractivity contribution in [3.8, 4) is 0 Å². The Bertz CT molecular complexity index is 233. The molecule has 0 amide bonds. The molecule has 1 saturated carbocycles. The van der Waals surface area contributed by atoms with Gasteiger partial charge in [0.2, 0.25) is 0 Å². The molecule has 100 valence electrons. The third-order valence-corrected chi connectivity index (χ3v) is 3.71. The molecule has 0 bridgehead atoms. The molecular formula is C13H26N2O2. The fourth-order valence-electron chi connectivity index (χ4n) is 2.71. The van der Waals surface area contributed by atoms with Crippen LogP contribution in [0, 0.1) is 5.92 Å². The van der Waals surface area contributed by atoms with E-state index in [2.05, 4.69) is 11.9 Å². The molecular weight excluding hydrogens is 216 g/mol. The van der Waals surface area contributed by atoms with E-state index in [-0.39, 0.29) is 5.97 Å². The highest BCUT2D eigenvalue weighted by molar-refractivity contribution is 5.69. The van der Waals surface area contributed by atoms with Crippen LogP contribution in [0.1, 0.15) is 39.0 Å². The Kier molecular flexibility index (Phi) is 6.52. The van der Waals surface area contributed by atoms with Crippen LogP contribution >= 0.6 is 0 Å². The number of ether oxygens (including phenoxy) is 1. The van der Waals surface area contributed by atoms with Gasteiger partial charge in [-0.3, -0.25) is 4.79 Å². The highest BCUT2D eigenvalue weighted by atomic mass is 16.5. The maximum atomic E-state index is 11.3. The molecule has 2 atom stereocenters. The molecule has 1 fully saturated rings. The summed E-state index contributed by atoms with van der Waals surface area (Å²) in [6, 6.07) is 0.545. The van der Waals surface area contributed by atoms with Crippen molar-refractivity contribution in [3.05, 3.63) is 0 Å². The van der Waals surface area contributed by atoms with Crippen LogP contribution in [0.4, 0.5) is 0 Å². The summed E-state index contributed by atoms with van der Waals surface area (Å²) in [5, 5.41) is 0. The molecule has 0 aliphatic heterocycles. The number of nitrogens with two attached hydrogens (primary N) is 1. The number of hydrogen-bond donors (Lipinski definition) is 1. The second kappa shape index (κ2) is 7.67. The topological polar surface area (TPSA) is 55.6 Å². The summed E-state index contributed by atoms with van der Waals surface area (Å²) in [5.41, 5.74) is 5.82. The third-order valence-electron chi connectivity index (χ3n) is 3.71. The first-order valence-corrected chi connectivity index (χ1v) is 6.75. The quantitative estimate of drug-likeness (QED) is 0.715. The van der Waals surface area contributed by atoms with E-state index in [1.165, 1.54) is 25.7 Å². The zero-order valence-corrected chi connectivity index (χ0v) is 11.2. The van der Waals surface area contributed by atoms with Crippen molar-refractivity contribution in [1.82, 2.24) is 4.90 Å². The summed E-state index contributed by atoms with van der Waals surface area (Å²) >= 11 is 0. The fraction of sp³-hybridized carbons (Fsp3) is 0.923. The van der Waals surface area contributed by atoms with Crippen LogP contribution in [0.5, 0.6) is 0 Å². The molecule has 2 unspecified atom stereocenters. The van der Waals surface area contributed by atoms with Crippen LogP contribution in [-0.2, 0) is 9.53 Å². The van der Waals surface area contributed by atoms with Crippen molar-refractivity contribution in [2.75, 3.05) is 26.7 Å². The number of carbonyl (C=O) groups is 1. The number of nitrogens with zero attached hydrogens (tertiary/aromatic N) is 1. The van der Waals surface area contributed by atoms with Crippen LogP contribution < -0.4 is 5.73 Å². The van der Waals surface area contributed by atoms with Crippen LogP contribution in [0.3, 0.4) is 0 Å². The van der Waals surface area contributed by atoms with E-state index in [0.717, 1.165) is 13.1 Å². The van der Waals surface area contributed by atoms with Gasteiger partial charge in [-0.1, -0.05) is 12.8 Å². The van der Waals surface area contributed by atoms with E-state index >= 15 is 0 Å². The Morgan fingerprint density at radius 2 is 2.12 bits per heavy atom. The second-order valence-corrected chi connectivity index (χ2v) is 4.88. The molecule has 1 aliphatic carbocycles. The first-order valence-electron chi connectivity index (χ1n) is 6.75. The highest BCUT2D eigenvalue weighted by Gasteiger charge is 2.27. The van der Waals surface area contributed by atoms with Gasteiger partial charge in [0, 0.05) is 12.6 Å². The minimum absolute atomic E-state index is 0.0977. The molecule has 0 aromatic heterocycles. The molecule has 0 aromatic rings. The average Bonchev–Trinajstić information content (AvgIpc) is 2.36. The number of hydrogen-bond acceptors (Lipinski definition) is 4. The lowest BCUT2D eigenvalue weighted by atomic mass is 9.83. The van der Waals surface area contributed by atoms with Crippen LogP contribution in [0.2, 0.25) is 0 Å². The largest absolute Gasteiger partial charge is 0.466 e. The normalized spacial score (nSPS) is 24.9. The van der Waals surface area contributed by atoms with Crippen molar-refractivity contribution in [3.63, 3.8) is 0 Å². The third kappa shape index (κ3) is 4.64. The lowest BCUT2D eigenvalue weighted by Crippen LogP contribution is -2.43. The fourth-order valence-corrected chi connectivity index (χ4v) is 2.71. The van der Waals surface area contributed by atoms with E-state index in [1.807, 2.05) is 6.92 Å². The Balaban J connectivity index is 2.34. The molecule has 1 rings (SSSR count). The smallest absolute Gasteiger partial charge is 0.307 e. The summed E-state index contributed by atoms with van der Waals surface area (Å²) in [5.74, 6) is 0.496. The van der Waals surface area contributed by atoms with E-state index in [1.54, 1.807) is 0 Å². The highest BCUT2D eigenvalue weighted by Crippen LogP contribution is 2.27. The van der Waals surface area contributed by atoms with Crippen LogP contribution in [0.25, 0.3) is 0 Å². The Labute approximate surface area is 104 Å². The number of esters is 1. The first kappa shape index (κ1) is 14.5. The van der Waals surface area contributed by atoms with Gasteiger partial charge in [0.25, 0.3) is 0 Å². The van der Waals surface area contributed by atoms with E-state index < -0.39 is 0 Å². The standard InChI is InChI=1S/C13H26N2O2/c1-3-17-13(16)8-9-15(2)12-7-5-4-6-11(12)10-14/h11-12H,3-10,14H2,1-2H3. The molecule has 0 radical (unpaired) electrons. The SMILES string of the molecule is CCOC(=O)CCN(C)C1CCCCC1CN. The monoisotopic (exact) mass is 242 g/mol. The number of rotatable bonds is 6. The van der Waals surface area contributed by atoms with Gasteiger partial charge >= 0.3 is 5.97 Å². The van der Waals surface area contributed by atoms with Crippen molar-refractivity contribution < 1.29 is 9.53 Å². The van der Waals surface area contributed by atoms with Crippen LogP contribution in [-0.4, -0.2) is 43.7 Å². The molecule has 4 nitrogen and oxygen atoms in total. The Morgan fingerprint density at radius 1 is 1.41 bits per heavy atom. The van der Waals surface area contributed by atoms with Crippen molar-refractivity contribution in [1.29, 1.82) is 0 Å².